The number of H-pyrrole nitrogens is 1. The van der Waals surface area contributed by atoms with Crippen molar-refractivity contribution in [2.24, 2.45) is 0 Å². The zero-order valence-corrected chi connectivity index (χ0v) is 24.9. The summed E-state index contributed by atoms with van der Waals surface area (Å²) in [6, 6.07) is 9.96. The van der Waals surface area contributed by atoms with Crippen LogP contribution in [-0.2, 0) is 4.74 Å². The third-order valence-corrected chi connectivity index (χ3v) is 7.42. The molecule has 236 valence electrons. The Kier molecular flexibility index (Phi) is 9.09. The third-order valence-electron chi connectivity index (χ3n) is 7.09. The third kappa shape index (κ3) is 6.93. The zero-order chi connectivity index (χ0) is 32.3. The summed E-state index contributed by atoms with van der Waals surface area (Å²) in [4.78, 5) is 33.4. The SMILES string of the molecule is CCNC(=N)N(C(=O)c1ccc(-c2cnn(C(F)F)c2)cc1)[C@H](COC(=O)N1CC(C)(F)C1)c1ccc(Cl)c(-c2ncn[nH]2)c1. The standard InChI is InChI=1S/C29H29ClF3N9O3/c1-3-35-27(34)42(25(43)18-6-4-17(5-7-18)20-11-38-41(12-20)26(31)32)23(13-45-28(44)40-14-29(2,33)15-40)19-8-9-22(30)21(10-19)24-36-16-37-39-24/h4-12,16,23,26H,3,13-15H2,1-2H3,(H2,34,35)(H,36,37,39)/t23-/m1/s1. The minimum absolute atomic E-state index is 0.133. The van der Waals surface area contributed by atoms with E-state index in [1.165, 1.54) is 42.7 Å². The molecular formula is C29H29ClF3N9O3. The number of alkyl halides is 3. The van der Waals surface area contributed by atoms with E-state index in [1.807, 2.05) is 0 Å². The van der Waals surface area contributed by atoms with Crippen molar-refractivity contribution in [2.75, 3.05) is 26.2 Å². The Balaban J connectivity index is 1.50. The van der Waals surface area contributed by atoms with Crippen LogP contribution in [0.1, 0.15) is 42.4 Å². The summed E-state index contributed by atoms with van der Waals surface area (Å²) in [5, 5.41) is 22.2. The lowest BCUT2D eigenvalue weighted by molar-refractivity contribution is -0.0210. The van der Waals surface area contributed by atoms with E-state index in [1.54, 1.807) is 37.3 Å². The van der Waals surface area contributed by atoms with Crippen molar-refractivity contribution in [1.29, 1.82) is 5.41 Å². The average molecular weight is 644 g/mol. The van der Waals surface area contributed by atoms with Crippen molar-refractivity contribution in [3.8, 4) is 22.5 Å². The molecule has 1 saturated heterocycles. The van der Waals surface area contributed by atoms with E-state index in [4.69, 9.17) is 21.7 Å². The number of nitrogens with zero attached hydrogens (tertiary/aromatic N) is 6. The highest BCUT2D eigenvalue weighted by molar-refractivity contribution is 6.33. The molecule has 1 aliphatic rings. The van der Waals surface area contributed by atoms with E-state index in [0.717, 1.165) is 4.90 Å². The molecule has 3 N–H and O–H groups in total. The van der Waals surface area contributed by atoms with Crippen molar-refractivity contribution in [1.82, 2.24) is 40.1 Å². The molecule has 3 heterocycles. The van der Waals surface area contributed by atoms with Crippen LogP contribution in [0, 0.1) is 5.41 Å². The smallest absolute Gasteiger partial charge is 0.410 e. The lowest BCUT2D eigenvalue weighted by Gasteiger charge is -2.41. The van der Waals surface area contributed by atoms with Gasteiger partial charge in [0.15, 0.2) is 11.8 Å². The van der Waals surface area contributed by atoms with Crippen molar-refractivity contribution in [3.63, 3.8) is 0 Å². The molecule has 12 nitrogen and oxygen atoms in total. The molecule has 0 saturated carbocycles. The second-order valence-corrected chi connectivity index (χ2v) is 11.0. The van der Waals surface area contributed by atoms with Gasteiger partial charge >= 0.3 is 12.6 Å². The molecule has 4 aromatic rings. The number of rotatable bonds is 9. The van der Waals surface area contributed by atoms with E-state index in [-0.39, 0.29) is 31.2 Å². The molecule has 0 spiro atoms. The molecule has 2 aromatic carbocycles. The summed E-state index contributed by atoms with van der Waals surface area (Å²) in [6.45, 7) is -0.0158. The lowest BCUT2D eigenvalue weighted by atomic mass is 10.00. The Bertz CT molecular complexity index is 1670. The highest BCUT2D eigenvalue weighted by Crippen LogP contribution is 2.33. The number of aromatic amines is 1. The van der Waals surface area contributed by atoms with E-state index in [2.05, 4.69) is 25.6 Å². The fourth-order valence-corrected chi connectivity index (χ4v) is 5.10. The van der Waals surface area contributed by atoms with Gasteiger partial charge in [-0.3, -0.25) is 20.2 Å². The number of carbonyl (C=O) groups is 2. The normalized spacial score (nSPS) is 14.5. The van der Waals surface area contributed by atoms with E-state index < -0.39 is 30.3 Å². The maximum atomic E-state index is 14.1. The van der Waals surface area contributed by atoms with Crippen molar-refractivity contribution in [2.45, 2.75) is 32.1 Å². The van der Waals surface area contributed by atoms with Crippen LogP contribution in [0.15, 0.2) is 61.2 Å². The minimum Gasteiger partial charge on any atom is -0.447 e. The van der Waals surface area contributed by atoms with Gasteiger partial charge < -0.3 is 15.0 Å². The molecule has 5 rings (SSSR count). The van der Waals surface area contributed by atoms with Gasteiger partial charge in [0, 0.05) is 29.4 Å². The topological polar surface area (TPSA) is 145 Å². The lowest BCUT2D eigenvalue weighted by Crippen LogP contribution is -2.59. The summed E-state index contributed by atoms with van der Waals surface area (Å²) in [5.74, 6) is -0.540. The summed E-state index contributed by atoms with van der Waals surface area (Å²) in [6.07, 6.45) is 3.02. The fourth-order valence-electron chi connectivity index (χ4n) is 4.90. The monoisotopic (exact) mass is 643 g/mol. The molecule has 0 bridgehead atoms. The van der Waals surface area contributed by atoms with Gasteiger partial charge in [0.2, 0.25) is 0 Å². The van der Waals surface area contributed by atoms with Crippen LogP contribution in [-0.4, -0.2) is 84.6 Å². The molecule has 1 aliphatic heterocycles. The first-order valence-corrected chi connectivity index (χ1v) is 14.2. The summed E-state index contributed by atoms with van der Waals surface area (Å²) in [7, 11) is 0. The number of hydrogen-bond acceptors (Lipinski definition) is 7. The molecule has 2 aromatic heterocycles. The number of ether oxygens (including phenoxy) is 1. The molecule has 0 unspecified atom stereocenters. The Morgan fingerprint density at radius 2 is 1.93 bits per heavy atom. The van der Waals surface area contributed by atoms with Crippen LogP contribution in [0.25, 0.3) is 22.5 Å². The first-order chi connectivity index (χ1) is 21.5. The second kappa shape index (κ2) is 13.0. The van der Waals surface area contributed by atoms with Gasteiger partial charge in [0.25, 0.3) is 5.91 Å². The van der Waals surface area contributed by atoms with Gasteiger partial charge in [-0.15, -0.1) is 0 Å². The van der Waals surface area contributed by atoms with Gasteiger partial charge in [-0.2, -0.15) is 19.0 Å². The molecular weight excluding hydrogens is 615 g/mol. The Hall–Kier alpha value is -4.92. The predicted octanol–water partition coefficient (Wildman–Crippen LogP) is 5.29. The van der Waals surface area contributed by atoms with Crippen LogP contribution in [0.5, 0.6) is 0 Å². The number of nitrogens with one attached hydrogen (secondary N) is 3. The highest BCUT2D eigenvalue weighted by Gasteiger charge is 2.43. The number of guanidine groups is 1. The van der Waals surface area contributed by atoms with E-state index in [0.29, 0.717) is 44.3 Å². The average Bonchev–Trinajstić information content (AvgIpc) is 3.72. The number of carbonyl (C=O) groups excluding carboxylic acids is 2. The van der Waals surface area contributed by atoms with Crippen molar-refractivity contribution < 1.29 is 27.5 Å². The molecule has 1 atom stereocenters. The van der Waals surface area contributed by atoms with Gasteiger partial charge in [-0.25, -0.2) is 18.9 Å². The van der Waals surface area contributed by atoms with E-state index in [9.17, 15) is 22.8 Å². The zero-order valence-electron chi connectivity index (χ0n) is 24.2. The van der Waals surface area contributed by atoms with Gasteiger partial charge in [-0.1, -0.05) is 29.8 Å². The summed E-state index contributed by atoms with van der Waals surface area (Å²) >= 11 is 6.45. The Morgan fingerprint density at radius 1 is 1.20 bits per heavy atom. The quantitative estimate of drug-likeness (QED) is 0.166. The maximum Gasteiger partial charge on any atom is 0.410 e. The molecule has 1 fully saturated rings. The molecule has 16 heteroatoms. The second-order valence-electron chi connectivity index (χ2n) is 10.6. The maximum absolute atomic E-state index is 14.1. The minimum atomic E-state index is -2.80. The number of aromatic nitrogens is 5. The number of hydrogen-bond donors (Lipinski definition) is 3. The predicted molar refractivity (Wildman–Crippen MR) is 158 cm³/mol. The van der Waals surface area contributed by atoms with Crippen molar-refractivity contribution >= 4 is 29.6 Å². The van der Waals surface area contributed by atoms with Gasteiger partial charge in [0.05, 0.1) is 30.4 Å². The van der Waals surface area contributed by atoms with Gasteiger partial charge in [0.1, 0.15) is 18.6 Å². The number of likely N-dealkylation sites (tertiary alicyclic amines) is 1. The van der Waals surface area contributed by atoms with Crippen molar-refractivity contribution in [3.05, 3.63) is 77.3 Å². The van der Waals surface area contributed by atoms with Crippen LogP contribution in [0.3, 0.4) is 0 Å². The molecule has 0 aliphatic carbocycles. The number of amides is 2. The van der Waals surface area contributed by atoms with Crippen LogP contribution >= 0.6 is 11.6 Å². The molecule has 0 radical (unpaired) electrons. The summed E-state index contributed by atoms with van der Waals surface area (Å²) < 4.78 is 46.2. The summed E-state index contributed by atoms with van der Waals surface area (Å²) in [5.41, 5.74) is 0.521. The van der Waals surface area contributed by atoms with E-state index >= 15 is 0 Å². The van der Waals surface area contributed by atoms with Crippen LogP contribution in [0.2, 0.25) is 5.02 Å². The Morgan fingerprint density at radius 3 is 2.53 bits per heavy atom. The number of benzene rings is 2. The van der Waals surface area contributed by atoms with Crippen LogP contribution < -0.4 is 5.32 Å². The largest absolute Gasteiger partial charge is 0.447 e. The first-order valence-electron chi connectivity index (χ1n) is 13.8. The first kappa shape index (κ1) is 31.5. The Labute approximate surface area is 260 Å². The molecule has 45 heavy (non-hydrogen) atoms. The molecule has 2 amide bonds. The number of halogens is 4. The fraction of sp³-hybridized carbons (Fsp3) is 0.310. The van der Waals surface area contributed by atoms with Crippen LogP contribution in [0.4, 0.5) is 18.0 Å². The highest BCUT2D eigenvalue weighted by atomic mass is 35.5. The van der Waals surface area contributed by atoms with Gasteiger partial charge in [-0.05, 0) is 49.2 Å².